The smallest absolute Gasteiger partial charge is 0.0285 e. The van der Waals surface area contributed by atoms with Gasteiger partial charge in [0, 0.05) is 20.8 Å². The van der Waals surface area contributed by atoms with E-state index >= 15 is 0 Å². The Bertz CT molecular complexity index is 297. The Hall–Kier alpha value is 0.140. The highest BCUT2D eigenvalue weighted by molar-refractivity contribution is 9.10. The van der Waals surface area contributed by atoms with Crippen molar-refractivity contribution in [2.24, 2.45) is 5.92 Å². The summed E-state index contributed by atoms with van der Waals surface area (Å²) in [5.74, 6) is 0.901. The Kier molecular flexibility index (Phi) is 3.63. The SMILES string of the molecule is CNC1CCC(Cc2cc(Br)cs2)C1. The van der Waals surface area contributed by atoms with E-state index in [0.717, 1.165) is 12.0 Å². The largest absolute Gasteiger partial charge is 0.317 e. The minimum absolute atomic E-state index is 0.767. The van der Waals surface area contributed by atoms with Gasteiger partial charge in [-0.1, -0.05) is 0 Å². The molecule has 1 aliphatic carbocycles. The van der Waals surface area contributed by atoms with Crippen LogP contribution in [0.5, 0.6) is 0 Å². The van der Waals surface area contributed by atoms with Gasteiger partial charge in [0.1, 0.15) is 0 Å². The van der Waals surface area contributed by atoms with E-state index < -0.39 is 0 Å². The van der Waals surface area contributed by atoms with Crippen molar-refractivity contribution >= 4 is 27.3 Å². The molecule has 3 heteroatoms. The highest BCUT2D eigenvalue weighted by Crippen LogP contribution is 2.31. The van der Waals surface area contributed by atoms with Crippen LogP contribution in [0.15, 0.2) is 15.9 Å². The van der Waals surface area contributed by atoms with Crippen LogP contribution in [-0.4, -0.2) is 13.1 Å². The van der Waals surface area contributed by atoms with Gasteiger partial charge < -0.3 is 5.32 Å². The Morgan fingerprint density at radius 3 is 3.00 bits per heavy atom. The van der Waals surface area contributed by atoms with Crippen LogP contribution in [0.2, 0.25) is 0 Å². The maximum Gasteiger partial charge on any atom is 0.0285 e. The van der Waals surface area contributed by atoms with Crippen LogP contribution in [-0.2, 0) is 6.42 Å². The lowest BCUT2D eigenvalue weighted by Gasteiger charge is -2.09. The van der Waals surface area contributed by atoms with E-state index in [1.165, 1.54) is 35.0 Å². The summed E-state index contributed by atoms with van der Waals surface area (Å²) >= 11 is 5.38. The van der Waals surface area contributed by atoms with Gasteiger partial charge in [-0.3, -0.25) is 0 Å². The van der Waals surface area contributed by atoms with Gasteiger partial charge in [-0.2, -0.15) is 0 Å². The molecule has 1 heterocycles. The van der Waals surface area contributed by atoms with Crippen molar-refractivity contribution in [2.75, 3.05) is 7.05 Å². The van der Waals surface area contributed by atoms with Crippen molar-refractivity contribution < 1.29 is 0 Å². The maximum absolute atomic E-state index is 3.51. The summed E-state index contributed by atoms with van der Waals surface area (Å²) in [6.07, 6.45) is 5.37. The standard InChI is InChI=1S/C11H16BrNS/c1-13-10-3-2-8(4-10)5-11-6-9(12)7-14-11/h6-8,10,13H,2-5H2,1H3. The summed E-state index contributed by atoms with van der Waals surface area (Å²) in [6.45, 7) is 0. The van der Waals surface area contributed by atoms with Crippen LogP contribution in [0.25, 0.3) is 0 Å². The van der Waals surface area contributed by atoms with E-state index in [9.17, 15) is 0 Å². The van der Waals surface area contributed by atoms with Crippen molar-refractivity contribution in [1.29, 1.82) is 0 Å². The number of halogens is 1. The summed E-state index contributed by atoms with van der Waals surface area (Å²) in [5, 5.41) is 5.56. The second kappa shape index (κ2) is 4.77. The molecule has 1 N–H and O–H groups in total. The zero-order chi connectivity index (χ0) is 9.97. The summed E-state index contributed by atoms with van der Waals surface area (Å²) in [4.78, 5) is 1.53. The quantitative estimate of drug-likeness (QED) is 0.890. The van der Waals surface area contributed by atoms with Gasteiger partial charge in [-0.15, -0.1) is 11.3 Å². The van der Waals surface area contributed by atoms with E-state index in [-0.39, 0.29) is 0 Å². The zero-order valence-electron chi connectivity index (χ0n) is 8.42. The molecule has 2 rings (SSSR count). The molecule has 2 unspecified atom stereocenters. The monoisotopic (exact) mass is 273 g/mol. The predicted octanol–water partition coefficient (Wildman–Crippen LogP) is 3.44. The average molecular weight is 274 g/mol. The Balaban J connectivity index is 1.87. The van der Waals surface area contributed by atoms with E-state index in [1.54, 1.807) is 0 Å². The Labute approximate surface area is 98.0 Å². The fourth-order valence-electron chi connectivity index (χ4n) is 2.27. The molecular formula is C11H16BrNS. The number of nitrogens with one attached hydrogen (secondary N) is 1. The molecule has 1 fully saturated rings. The first kappa shape index (κ1) is 10.7. The lowest BCUT2D eigenvalue weighted by atomic mass is 10.0. The van der Waals surface area contributed by atoms with Gasteiger partial charge in [0.25, 0.3) is 0 Å². The lowest BCUT2D eigenvalue weighted by Crippen LogP contribution is -2.21. The third-order valence-electron chi connectivity index (χ3n) is 3.06. The fraction of sp³-hybridized carbons (Fsp3) is 0.636. The normalized spacial score (nSPS) is 27.0. The lowest BCUT2D eigenvalue weighted by molar-refractivity contribution is 0.512. The third kappa shape index (κ3) is 2.59. The van der Waals surface area contributed by atoms with Crippen LogP contribution in [0, 0.1) is 5.92 Å². The Morgan fingerprint density at radius 2 is 2.43 bits per heavy atom. The van der Waals surface area contributed by atoms with Gasteiger partial charge >= 0.3 is 0 Å². The number of hydrogen-bond donors (Lipinski definition) is 1. The number of rotatable bonds is 3. The van der Waals surface area contributed by atoms with Crippen molar-refractivity contribution in [1.82, 2.24) is 5.32 Å². The van der Waals surface area contributed by atoms with E-state index in [1.807, 2.05) is 11.3 Å². The molecular weight excluding hydrogens is 258 g/mol. The molecule has 0 aromatic carbocycles. The van der Waals surface area contributed by atoms with Crippen LogP contribution in [0.1, 0.15) is 24.1 Å². The van der Waals surface area contributed by atoms with Crippen molar-refractivity contribution in [3.05, 3.63) is 20.8 Å². The average Bonchev–Trinajstić information content (AvgIpc) is 2.76. The minimum Gasteiger partial charge on any atom is -0.317 e. The van der Waals surface area contributed by atoms with E-state index in [2.05, 4.69) is 39.7 Å². The van der Waals surface area contributed by atoms with Crippen LogP contribution < -0.4 is 5.32 Å². The molecule has 1 saturated carbocycles. The summed E-state index contributed by atoms with van der Waals surface area (Å²) in [7, 11) is 2.08. The van der Waals surface area contributed by atoms with Gasteiger partial charge in [0.2, 0.25) is 0 Å². The second-order valence-corrected chi connectivity index (χ2v) is 6.01. The molecule has 2 atom stereocenters. The predicted molar refractivity (Wildman–Crippen MR) is 65.9 cm³/mol. The van der Waals surface area contributed by atoms with E-state index in [0.29, 0.717) is 0 Å². The first-order valence-corrected chi connectivity index (χ1v) is 6.85. The van der Waals surface area contributed by atoms with Gasteiger partial charge in [0.05, 0.1) is 0 Å². The second-order valence-electron chi connectivity index (χ2n) is 4.10. The molecule has 1 aromatic heterocycles. The molecule has 1 nitrogen and oxygen atoms in total. The molecule has 0 amide bonds. The van der Waals surface area contributed by atoms with E-state index in [4.69, 9.17) is 0 Å². The van der Waals surface area contributed by atoms with Crippen molar-refractivity contribution in [2.45, 2.75) is 31.7 Å². The zero-order valence-corrected chi connectivity index (χ0v) is 10.8. The minimum atomic E-state index is 0.767. The highest BCUT2D eigenvalue weighted by Gasteiger charge is 2.23. The molecule has 1 aromatic rings. The third-order valence-corrected chi connectivity index (χ3v) is 4.78. The summed E-state index contributed by atoms with van der Waals surface area (Å²) in [5.41, 5.74) is 0. The van der Waals surface area contributed by atoms with Crippen LogP contribution in [0.4, 0.5) is 0 Å². The summed E-state index contributed by atoms with van der Waals surface area (Å²) in [6, 6.07) is 3.03. The number of hydrogen-bond acceptors (Lipinski definition) is 2. The topological polar surface area (TPSA) is 12.0 Å². The summed E-state index contributed by atoms with van der Waals surface area (Å²) < 4.78 is 1.24. The molecule has 0 radical (unpaired) electrons. The van der Waals surface area contributed by atoms with Gasteiger partial charge in [-0.25, -0.2) is 0 Å². The molecule has 0 aliphatic heterocycles. The van der Waals surface area contributed by atoms with Crippen LogP contribution in [0.3, 0.4) is 0 Å². The first-order chi connectivity index (χ1) is 6.78. The van der Waals surface area contributed by atoms with Crippen LogP contribution >= 0.6 is 27.3 Å². The molecule has 0 spiro atoms. The molecule has 0 saturated heterocycles. The van der Waals surface area contributed by atoms with Gasteiger partial charge in [-0.05, 0) is 60.6 Å². The van der Waals surface area contributed by atoms with Crippen molar-refractivity contribution in [3.8, 4) is 0 Å². The molecule has 0 bridgehead atoms. The van der Waals surface area contributed by atoms with Crippen molar-refractivity contribution in [3.63, 3.8) is 0 Å². The maximum atomic E-state index is 3.51. The van der Waals surface area contributed by atoms with Gasteiger partial charge in [0.15, 0.2) is 0 Å². The number of thiophene rings is 1. The first-order valence-electron chi connectivity index (χ1n) is 5.18. The fourth-order valence-corrected chi connectivity index (χ4v) is 3.84. The molecule has 14 heavy (non-hydrogen) atoms. The highest BCUT2D eigenvalue weighted by atomic mass is 79.9. The molecule has 78 valence electrons. The molecule has 1 aliphatic rings. The Morgan fingerprint density at radius 1 is 1.57 bits per heavy atom.